The zero-order valence-electron chi connectivity index (χ0n) is 10.8. The number of nitrogens with zero attached hydrogens (tertiary/aromatic N) is 1. The second-order valence-corrected chi connectivity index (χ2v) is 4.07. The van der Waals surface area contributed by atoms with Gasteiger partial charge in [-0.25, -0.2) is 4.39 Å². The molecule has 0 radical (unpaired) electrons. The van der Waals surface area contributed by atoms with E-state index in [1.807, 2.05) is 12.1 Å². The lowest BCUT2D eigenvalue weighted by Gasteiger charge is -2.08. The molecule has 1 aromatic carbocycles. The normalized spacial score (nSPS) is 9.70. The number of hydrogen-bond acceptors (Lipinski definition) is 3. The molecule has 2 rings (SSSR count). The molecule has 0 aliphatic heterocycles. The first-order valence-electron chi connectivity index (χ1n) is 6.20. The molecule has 0 fully saturated rings. The molecule has 20 heavy (non-hydrogen) atoms. The van der Waals surface area contributed by atoms with Crippen LogP contribution in [0, 0.1) is 17.7 Å². The fraction of sp³-hybridized carbons (Fsp3) is 0.188. The molecule has 1 aromatic heterocycles. The Hall–Kier alpha value is -2.38. The van der Waals surface area contributed by atoms with Crippen molar-refractivity contribution in [3.63, 3.8) is 0 Å². The Morgan fingerprint density at radius 1 is 1.30 bits per heavy atom. The van der Waals surface area contributed by atoms with E-state index < -0.39 is 0 Å². The number of pyridine rings is 1. The molecule has 102 valence electrons. The lowest BCUT2D eigenvalue weighted by Crippen LogP contribution is -1.98. The van der Waals surface area contributed by atoms with Crippen molar-refractivity contribution in [3.05, 3.63) is 59.7 Å². The van der Waals surface area contributed by atoms with Gasteiger partial charge in [0.1, 0.15) is 18.2 Å². The van der Waals surface area contributed by atoms with Gasteiger partial charge in [-0.3, -0.25) is 4.98 Å². The highest BCUT2D eigenvalue weighted by atomic mass is 19.1. The van der Waals surface area contributed by atoms with E-state index in [2.05, 4.69) is 16.8 Å². The first-order valence-corrected chi connectivity index (χ1v) is 6.20. The predicted octanol–water partition coefficient (Wildman–Crippen LogP) is 2.53. The average molecular weight is 271 g/mol. The van der Waals surface area contributed by atoms with Gasteiger partial charge in [0.25, 0.3) is 0 Å². The van der Waals surface area contributed by atoms with Crippen LogP contribution in [0.15, 0.2) is 42.7 Å². The summed E-state index contributed by atoms with van der Waals surface area (Å²) in [5.41, 5.74) is 1.40. The van der Waals surface area contributed by atoms with Gasteiger partial charge in [0, 0.05) is 24.4 Å². The second kappa shape index (κ2) is 7.27. The number of aliphatic hydroxyl groups is 1. The van der Waals surface area contributed by atoms with Gasteiger partial charge in [-0.05, 0) is 24.3 Å². The Kier molecular flexibility index (Phi) is 5.10. The fourth-order valence-electron chi connectivity index (χ4n) is 1.58. The predicted molar refractivity (Wildman–Crippen MR) is 73.5 cm³/mol. The van der Waals surface area contributed by atoms with Crippen molar-refractivity contribution in [3.8, 4) is 17.6 Å². The van der Waals surface area contributed by atoms with Gasteiger partial charge in [0.05, 0.1) is 12.2 Å². The van der Waals surface area contributed by atoms with Crippen LogP contribution in [-0.2, 0) is 6.61 Å². The van der Waals surface area contributed by atoms with Crippen LogP contribution >= 0.6 is 0 Å². The molecule has 4 heteroatoms. The molecule has 0 saturated carbocycles. The molecule has 0 saturated heterocycles. The van der Waals surface area contributed by atoms with E-state index >= 15 is 0 Å². The first-order chi connectivity index (χ1) is 9.79. The Morgan fingerprint density at radius 2 is 2.20 bits per heavy atom. The molecule has 0 aliphatic carbocycles. The highest BCUT2D eigenvalue weighted by Gasteiger charge is 2.04. The third-order valence-corrected chi connectivity index (χ3v) is 2.52. The molecule has 0 bridgehead atoms. The number of aromatic nitrogens is 1. The molecule has 0 aliphatic rings. The lowest BCUT2D eigenvalue weighted by atomic mass is 10.2. The van der Waals surface area contributed by atoms with Crippen molar-refractivity contribution < 1.29 is 14.2 Å². The van der Waals surface area contributed by atoms with Crippen LogP contribution in [0.1, 0.15) is 17.5 Å². The third-order valence-electron chi connectivity index (χ3n) is 2.52. The molecule has 1 N–H and O–H groups in total. The highest BCUT2D eigenvalue weighted by Crippen LogP contribution is 2.20. The summed E-state index contributed by atoms with van der Waals surface area (Å²) in [5.74, 6) is 5.70. The molecule has 2 aromatic rings. The monoisotopic (exact) mass is 271 g/mol. The zero-order valence-corrected chi connectivity index (χ0v) is 10.8. The molecule has 3 nitrogen and oxygen atoms in total. The first kappa shape index (κ1) is 14.0. The van der Waals surface area contributed by atoms with Crippen LogP contribution in [-0.4, -0.2) is 16.7 Å². The quantitative estimate of drug-likeness (QED) is 0.869. The van der Waals surface area contributed by atoms with Gasteiger partial charge in [0.2, 0.25) is 0 Å². The van der Waals surface area contributed by atoms with Gasteiger partial charge < -0.3 is 9.84 Å². The molecular weight excluding hydrogens is 257 g/mol. The summed E-state index contributed by atoms with van der Waals surface area (Å²) in [7, 11) is 0. The lowest BCUT2D eigenvalue weighted by molar-refractivity contribution is 0.303. The minimum absolute atomic E-state index is 0.0197. The van der Waals surface area contributed by atoms with Gasteiger partial charge in [0.15, 0.2) is 0 Å². The van der Waals surface area contributed by atoms with Crippen LogP contribution in [0.2, 0.25) is 0 Å². The smallest absolute Gasteiger partial charge is 0.135 e. The van der Waals surface area contributed by atoms with E-state index in [1.54, 1.807) is 18.5 Å². The minimum atomic E-state index is -0.368. The summed E-state index contributed by atoms with van der Waals surface area (Å²) in [6, 6.07) is 7.92. The van der Waals surface area contributed by atoms with Gasteiger partial charge >= 0.3 is 0 Å². The summed E-state index contributed by atoms with van der Waals surface area (Å²) in [6.07, 6.45) is 3.74. The summed E-state index contributed by atoms with van der Waals surface area (Å²) >= 11 is 0. The van der Waals surface area contributed by atoms with E-state index in [-0.39, 0.29) is 12.4 Å². The van der Waals surface area contributed by atoms with E-state index in [9.17, 15) is 4.39 Å². The maximum Gasteiger partial charge on any atom is 0.135 e. The minimum Gasteiger partial charge on any atom is -0.488 e. The van der Waals surface area contributed by atoms with E-state index in [4.69, 9.17) is 9.84 Å². The largest absolute Gasteiger partial charge is 0.488 e. The third kappa shape index (κ3) is 4.08. The molecule has 0 atom stereocenters. The molecule has 0 spiro atoms. The summed E-state index contributed by atoms with van der Waals surface area (Å²) in [4.78, 5) is 4.00. The zero-order chi connectivity index (χ0) is 14.2. The molecule has 1 heterocycles. The van der Waals surface area contributed by atoms with Crippen molar-refractivity contribution >= 4 is 0 Å². The summed E-state index contributed by atoms with van der Waals surface area (Å²) in [5, 5.41) is 8.71. The summed E-state index contributed by atoms with van der Waals surface area (Å²) in [6.45, 7) is 0.322. The average Bonchev–Trinajstić information content (AvgIpc) is 2.48. The molecular formula is C16H14FNO2. The molecule has 0 amide bonds. The van der Waals surface area contributed by atoms with Crippen LogP contribution in [0.5, 0.6) is 5.75 Å². The van der Waals surface area contributed by atoms with Gasteiger partial charge in [-0.2, -0.15) is 0 Å². The van der Waals surface area contributed by atoms with Gasteiger partial charge in [-0.1, -0.05) is 17.9 Å². The number of benzene rings is 1. The van der Waals surface area contributed by atoms with Gasteiger partial charge in [-0.15, -0.1) is 0 Å². The van der Waals surface area contributed by atoms with Crippen molar-refractivity contribution in [2.45, 2.75) is 13.0 Å². The van der Waals surface area contributed by atoms with Crippen molar-refractivity contribution in [1.82, 2.24) is 4.98 Å². The number of aliphatic hydroxyl groups excluding tert-OH is 1. The summed E-state index contributed by atoms with van der Waals surface area (Å²) < 4.78 is 18.9. The van der Waals surface area contributed by atoms with E-state index in [0.29, 0.717) is 24.3 Å². The second-order valence-electron chi connectivity index (χ2n) is 4.07. The standard InChI is InChI=1S/C16H14FNO2/c17-15-6-7-16(14(10-15)5-1-2-9-19)20-12-13-4-3-8-18-11-13/h3-4,6-8,10-11,19H,2,9,12H2. The van der Waals surface area contributed by atoms with Crippen LogP contribution in [0.3, 0.4) is 0 Å². The maximum absolute atomic E-state index is 13.2. The van der Waals surface area contributed by atoms with E-state index in [1.165, 1.54) is 12.1 Å². The number of ether oxygens (including phenoxy) is 1. The Bertz CT molecular complexity index is 617. The van der Waals surface area contributed by atoms with Crippen molar-refractivity contribution in [2.24, 2.45) is 0 Å². The highest BCUT2D eigenvalue weighted by molar-refractivity contribution is 5.46. The van der Waals surface area contributed by atoms with Crippen LogP contribution < -0.4 is 4.74 Å². The number of rotatable bonds is 4. The Morgan fingerprint density at radius 3 is 2.95 bits per heavy atom. The van der Waals surface area contributed by atoms with E-state index in [0.717, 1.165) is 5.56 Å². The van der Waals surface area contributed by atoms with Crippen molar-refractivity contribution in [2.75, 3.05) is 6.61 Å². The topological polar surface area (TPSA) is 42.4 Å². The Labute approximate surface area is 117 Å². The maximum atomic E-state index is 13.2. The van der Waals surface area contributed by atoms with Crippen molar-refractivity contribution in [1.29, 1.82) is 0 Å². The Balaban J connectivity index is 2.13. The fourth-order valence-corrected chi connectivity index (χ4v) is 1.58. The SMILES string of the molecule is OCCC#Cc1cc(F)ccc1OCc1cccnc1. The van der Waals surface area contributed by atoms with Crippen LogP contribution in [0.25, 0.3) is 0 Å². The molecule has 0 unspecified atom stereocenters. The number of halogens is 1. The number of hydrogen-bond donors (Lipinski definition) is 1. The van der Waals surface area contributed by atoms with Crippen LogP contribution in [0.4, 0.5) is 4.39 Å².